The summed E-state index contributed by atoms with van der Waals surface area (Å²) in [4.78, 5) is 46.2. The number of hydrogen-bond acceptors (Lipinski definition) is 4. The Morgan fingerprint density at radius 1 is 1.07 bits per heavy atom. The number of carbonyl (C=O) groups excluding carboxylic acids is 1. The maximum Gasteiger partial charge on any atom is 0.329 e. The molecule has 1 saturated heterocycles. The summed E-state index contributed by atoms with van der Waals surface area (Å²) in [7, 11) is 0. The van der Waals surface area contributed by atoms with E-state index in [0.717, 1.165) is 5.56 Å². The largest absolute Gasteiger partial charge is 0.342 e. The topological polar surface area (TPSA) is 88.1 Å². The number of nitrogens with one attached hydrogen (secondary N) is 1. The first-order chi connectivity index (χ1) is 13.1. The first kappa shape index (κ1) is 17.2. The van der Waals surface area contributed by atoms with Crippen LogP contribution in [0, 0.1) is 0 Å². The molecular formula is C20H20N4O3. The number of piperidine rings is 1. The van der Waals surface area contributed by atoms with E-state index in [4.69, 9.17) is 0 Å². The van der Waals surface area contributed by atoms with Crippen LogP contribution in [-0.2, 0) is 11.2 Å². The van der Waals surface area contributed by atoms with Crippen molar-refractivity contribution in [2.75, 3.05) is 13.1 Å². The highest BCUT2D eigenvalue weighted by atomic mass is 16.2. The lowest BCUT2D eigenvalue weighted by Gasteiger charge is -2.32. The fraction of sp³-hybridized carbons (Fsp3) is 0.300. The Labute approximate surface area is 155 Å². The van der Waals surface area contributed by atoms with E-state index in [-0.39, 0.29) is 23.2 Å². The maximum atomic E-state index is 12.8. The molecule has 7 nitrogen and oxygen atoms in total. The average Bonchev–Trinajstić information content (AvgIpc) is 2.69. The first-order valence-electron chi connectivity index (χ1n) is 9.04. The monoisotopic (exact) mass is 364 g/mol. The van der Waals surface area contributed by atoms with E-state index < -0.39 is 0 Å². The maximum absolute atomic E-state index is 12.8. The van der Waals surface area contributed by atoms with Crippen LogP contribution < -0.4 is 11.2 Å². The number of rotatable bonds is 3. The molecule has 1 N–H and O–H groups in total. The van der Waals surface area contributed by atoms with E-state index in [0.29, 0.717) is 43.3 Å². The van der Waals surface area contributed by atoms with Crippen LogP contribution in [0.3, 0.4) is 0 Å². The van der Waals surface area contributed by atoms with Crippen molar-refractivity contribution in [3.63, 3.8) is 0 Å². The molecule has 0 saturated carbocycles. The minimum atomic E-state index is -0.389. The second-order valence-electron chi connectivity index (χ2n) is 6.80. The van der Waals surface area contributed by atoms with E-state index in [1.807, 2.05) is 12.1 Å². The summed E-state index contributed by atoms with van der Waals surface area (Å²) in [6.07, 6.45) is 4.86. The lowest BCUT2D eigenvalue weighted by molar-refractivity contribution is -0.131. The number of amides is 1. The lowest BCUT2D eigenvalue weighted by Crippen LogP contribution is -2.45. The number of fused-ring (bicyclic) bond motifs is 1. The number of hydrogen-bond donors (Lipinski definition) is 1. The highest BCUT2D eigenvalue weighted by molar-refractivity contribution is 5.79. The van der Waals surface area contributed by atoms with Gasteiger partial charge in [-0.1, -0.05) is 12.1 Å². The van der Waals surface area contributed by atoms with E-state index >= 15 is 0 Å². The van der Waals surface area contributed by atoms with Gasteiger partial charge in [0.15, 0.2) is 0 Å². The second kappa shape index (κ2) is 7.19. The van der Waals surface area contributed by atoms with Gasteiger partial charge in [-0.3, -0.25) is 19.1 Å². The third-order valence-electron chi connectivity index (χ3n) is 5.12. The molecule has 0 unspecified atom stereocenters. The molecule has 1 fully saturated rings. The Morgan fingerprint density at radius 2 is 1.78 bits per heavy atom. The standard InChI is InChI=1S/C20H20N4O3/c25-18(13-14-5-9-21-10-6-14)23-11-7-15(8-12-23)24-19(26)16-3-1-2-4-17(16)22-20(24)27/h1-6,9-10,15H,7-8,11-13H2,(H,22,27). The summed E-state index contributed by atoms with van der Waals surface area (Å²) < 4.78 is 1.31. The minimum Gasteiger partial charge on any atom is -0.342 e. The van der Waals surface area contributed by atoms with Gasteiger partial charge in [-0.15, -0.1) is 0 Å². The van der Waals surface area contributed by atoms with E-state index in [2.05, 4.69) is 9.97 Å². The van der Waals surface area contributed by atoms with Crippen LogP contribution in [0.15, 0.2) is 58.4 Å². The molecule has 0 atom stereocenters. The van der Waals surface area contributed by atoms with Crippen LogP contribution in [0.5, 0.6) is 0 Å². The number of benzene rings is 1. The lowest BCUT2D eigenvalue weighted by atomic mass is 10.0. The Kier molecular flexibility index (Phi) is 4.58. The molecule has 1 aromatic carbocycles. The van der Waals surface area contributed by atoms with Crippen LogP contribution in [0.2, 0.25) is 0 Å². The third-order valence-corrected chi connectivity index (χ3v) is 5.12. The summed E-state index contributed by atoms with van der Waals surface area (Å²) in [5.74, 6) is 0.0550. The molecular weight excluding hydrogens is 344 g/mol. The number of aromatic amines is 1. The van der Waals surface area contributed by atoms with Gasteiger partial charge < -0.3 is 9.88 Å². The van der Waals surface area contributed by atoms with Crippen LogP contribution in [0.4, 0.5) is 0 Å². The first-order valence-corrected chi connectivity index (χ1v) is 9.04. The normalized spacial score (nSPS) is 15.2. The van der Waals surface area contributed by atoms with Crippen LogP contribution in [0.1, 0.15) is 24.4 Å². The van der Waals surface area contributed by atoms with Crippen LogP contribution in [-0.4, -0.2) is 38.4 Å². The van der Waals surface area contributed by atoms with Gasteiger partial charge in [-0.25, -0.2) is 4.79 Å². The molecule has 1 aliphatic rings. The van der Waals surface area contributed by atoms with E-state index in [1.54, 1.807) is 41.6 Å². The molecule has 0 aliphatic carbocycles. The Bertz CT molecular complexity index is 1080. The Balaban J connectivity index is 1.50. The van der Waals surface area contributed by atoms with Crippen molar-refractivity contribution >= 4 is 16.8 Å². The van der Waals surface area contributed by atoms with Gasteiger partial charge in [-0.05, 0) is 42.7 Å². The second-order valence-corrected chi connectivity index (χ2v) is 6.80. The quantitative estimate of drug-likeness (QED) is 0.763. The summed E-state index contributed by atoms with van der Waals surface area (Å²) in [5.41, 5.74) is 0.823. The van der Waals surface area contributed by atoms with Crippen LogP contribution in [0.25, 0.3) is 10.9 Å². The van der Waals surface area contributed by atoms with Gasteiger partial charge in [0.05, 0.1) is 17.3 Å². The van der Waals surface area contributed by atoms with Gasteiger partial charge in [0, 0.05) is 31.5 Å². The highest BCUT2D eigenvalue weighted by Gasteiger charge is 2.26. The van der Waals surface area contributed by atoms with Gasteiger partial charge in [0.25, 0.3) is 5.56 Å². The highest BCUT2D eigenvalue weighted by Crippen LogP contribution is 2.21. The molecule has 1 amide bonds. The van der Waals surface area contributed by atoms with Crippen molar-refractivity contribution in [2.45, 2.75) is 25.3 Å². The van der Waals surface area contributed by atoms with Crippen LogP contribution >= 0.6 is 0 Å². The fourth-order valence-electron chi connectivity index (χ4n) is 3.67. The number of nitrogens with zero attached hydrogens (tertiary/aromatic N) is 3. The Hall–Kier alpha value is -3.22. The molecule has 4 rings (SSSR count). The van der Waals surface area contributed by atoms with Gasteiger partial charge in [-0.2, -0.15) is 0 Å². The number of aromatic nitrogens is 3. The molecule has 2 aromatic heterocycles. The SMILES string of the molecule is O=C(Cc1ccncc1)N1CCC(n2c(=O)[nH]c3ccccc3c2=O)CC1. The Morgan fingerprint density at radius 3 is 2.52 bits per heavy atom. The molecule has 0 spiro atoms. The average molecular weight is 364 g/mol. The van der Waals surface area contributed by atoms with Gasteiger partial charge in [0.2, 0.25) is 5.91 Å². The number of para-hydroxylation sites is 1. The summed E-state index contributed by atoms with van der Waals surface area (Å²) in [6.45, 7) is 1.07. The zero-order valence-corrected chi connectivity index (χ0v) is 14.8. The molecule has 3 heterocycles. The van der Waals surface area contributed by atoms with Crippen molar-refractivity contribution in [1.82, 2.24) is 19.4 Å². The number of pyridine rings is 1. The molecule has 0 radical (unpaired) electrons. The predicted octanol–water partition coefficient (Wildman–Crippen LogP) is 1.49. The number of carbonyl (C=O) groups is 1. The zero-order chi connectivity index (χ0) is 18.8. The van der Waals surface area contributed by atoms with Crippen molar-refractivity contribution in [2.24, 2.45) is 0 Å². The molecule has 27 heavy (non-hydrogen) atoms. The van der Waals surface area contributed by atoms with E-state index in [9.17, 15) is 14.4 Å². The molecule has 7 heteroatoms. The smallest absolute Gasteiger partial charge is 0.329 e. The third kappa shape index (κ3) is 3.40. The molecule has 1 aliphatic heterocycles. The summed E-state index contributed by atoms with van der Waals surface area (Å²) in [6, 6.07) is 10.5. The van der Waals surface area contributed by atoms with Crippen molar-refractivity contribution in [1.29, 1.82) is 0 Å². The fourth-order valence-corrected chi connectivity index (χ4v) is 3.67. The van der Waals surface area contributed by atoms with E-state index in [1.165, 1.54) is 4.57 Å². The van der Waals surface area contributed by atoms with Crippen molar-refractivity contribution < 1.29 is 4.79 Å². The summed E-state index contributed by atoms with van der Waals surface area (Å²) >= 11 is 0. The predicted molar refractivity (Wildman–Crippen MR) is 102 cm³/mol. The van der Waals surface area contributed by atoms with Crippen molar-refractivity contribution in [3.05, 3.63) is 75.2 Å². The molecule has 138 valence electrons. The molecule has 0 bridgehead atoms. The zero-order valence-electron chi connectivity index (χ0n) is 14.8. The molecule has 3 aromatic rings. The number of likely N-dealkylation sites (tertiary alicyclic amines) is 1. The van der Waals surface area contributed by atoms with Crippen molar-refractivity contribution in [3.8, 4) is 0 Å². The minimum absolute atomic E-state index is 0.0550. The van der Waals surface area contributed by atoms with Gasteiger partial charge >= 0.3 is 5.69 Å². The summed E-state index contributed by atoms with van der Waals surface area (Å²) in [5, 5.41) is 0.508. The van der Waals surface area contributed by atoms with Gasteiger partial charge in [0.1, 0.15) is 0 Å². The number of H-pyrrole nitrogens is 1.